The van der Waals surface area contributed by atoms with Crippen LogP contribution >= 0.6 is 0 Å². The molecule has 2 nitrogen and oxygen atoms in total. The molecule has 1 aromatic carbocycles. The fourth-order valence-electron chi connectivity index (χ4n) is 1.06. The topological polar surface area (TPSA) is 40.5 Å². The van der Waals surface area contributed by atoms with E-state index in [9.17, 15) is 13.9 Å². The van der Waals surface area contributed by atoms with Crippen molar-refractivity contribution in [3.8, 4) is 0 Å². The Labute approximate surface area is 74.4 Å². The van der Waals surface area contributed by atoms with E-state index in [1.54, 1.807) is 0 Å². The second-order valence-electron chi connectivity index (χ2n) is 2.67. The quantitative estimate of drug-likeness (QED) is 0.752. The molecule has 0 amide bonds. The molecule has 0 saturated heterocycles. The van der Waals surface area contributed by atoms with Crippen molar-refractivity contribution in [3.05, 3.63) is 35.4 Å². The second kappa shape index (κ2) is 4.30. The number of benzene rings is 1. The highest BCUT2D eigenvalue weighted by Gasteiger charge is 2.14. The Morgan fingerprint density at radius 2 is 2.00 bits per heavy atom. The van der Waals surface area contributed by atoms with Crippen molar-refractivity contribution in [2.45, 2.75) is 12.5 Å². The zero-order valence-electron chi connectivity index (χ0n) is 6.87. The Bertz CT molecular complexity index is 289. The molecule has 2 N–H and O–H groups in total. The molecule has 0 heterocycles. The first-order chi connectivity index (χ1) is 6.16. The number of rotatable bonds is 3. The van der Waals surface area contributed by atoms with Gasteiger partial charge >= 0.3 is 0 Å². The van der Waals surface area contributed by atoms with Crippen molar-refractivity contribution in [2.75, 3.05) is 6.61 Å². The highest BCUT2D eigenvalue weighted by atomic mass is 19.2. The van der Waals surface area contributed by atoms with Crippen LogP contribution in [0.3, 0.4) is 0 Å². The molecular formula is C9H10F2O2. The summed E-state index contributed by atoms with van der Waals surface area (Å²) in [5.41, 5.74) is -0.117. The lowest BCUT2D eigenvalue weighted by Gasteiger charge is -2.09. The lowest BCUT2D eigenvalue weighted by atomic mass is 10.1. The maximum atomic E-state index is 13.0. The maximum Gasteiger partial charge on any atom is 0.164 e. The van der Waals surface area contributed by atoms with Gasteiger partial charge in [-0.2, -0.15) is 0 Å². The van der Waals surface area contributed by atoms with Crippen LogP contribution in [0, 0.1) is 11.6 Å². The van der Waals surface area contributed by atoms with Crippen LogP contribution in [0.25, 0.3) is 0 Å². The molecule has 1 unspecified atom stereocenters. The summed E-state index contributed by atoms with van der Waals surface area (Å²) in [5, 5.41) is 17.7. The Kier molecular flexibility index (Phi) is 3.33. The number of hydrogen-bond acceptors (Lipinski definition) is 2. The van der Waals surface area contributed by atoms with Gasteiger partial charge in [0.2, 0.25) is 0 Å². The van der Waals surface area contributed by atoms with Crippen LogP contribution in [-0.2, 0) is 0 Å². The average molecular weight is 188 g/mol. The number of hydrogen-bond donors (Lipinski definition) is 2. The minimum absolute atomic E-state index is 0.000370. The molecule has 1 aromatic rings. The standard InChI is InChI=1S/C9H10F2O2/c10-7-3-1-2-6(9(7)11)8(13)4-5-12/h1-3,8,12-13H,4-5H2. The van der Waals surface area contributed by atoms with Crippen LogP contribution in [0.5, 0.6) is 0 Å². The van der Waals surface area contributed by atoms with E-state index in [1.807, 2.05) is 0 Å². The van der Waals surface area contributed by atoms with Gasteiger partial charge in [-0.15, -0.1) is 0 Å². The van der Waals surface area contributed by atoms with Crippen LogP contribution < -0.4 is 0 Å². The van der Waals surface area contributed by atoms with E-state index in [4.69, 9.17) is 5.11 Å². The molecule has 1 atom stereocenters. The van der Waals surface area contributed by atoms with E-state index < -0.39 is 17.7 Å². The van der Waals surface area contributed by atoms with E-state index >= 15 is 0 Å². The third-order valence-electron chi connectivity index (χ3n) is 1.74. The molecule has 0 aliphatic rings. The van der Waals surface area contributed by atoms with E-state index in [0.29, 0.717) is 0 Å². The predicted octanol–water partition coefficient (Wildman–Crippen LogP) is 1.38. The first-order valence-corrected chi connectivity index (χ1v) is 3.89. The smallest absolute Gasteiger partial charge is 0.164 e. The first-order valence-electron chi connectivity index (χ1n) is 3.89. The van der Waals surface area contributed by atoms with Crippen LogP contribution in [-0.4, -0.2) is 16.8 Å². The molecule has 1 rings (SSSR count). The summed E-state index contributed by atoms with van der Waals surface area (Å²) >= 11 is 0. The zero-order chi connectivity index (χ0) is 9.84. The summed E-state index contributed by atoms with van der Waals surface area (Å²) in [7, 11) is 0. The van der Waals surface area contributed by atoms with Gasteiger partial charge in [-0.25, -0.2) is 8.78 Å². The summed E-state index contributed by atoms with van der Waals surface area (Å²) in [4.78, 5) is 0. The van der Waals surface area contributed by atoms with Crippen LogP contribution in [0.2, 0.25) is 0 Å². The van der Waals surface area contributed by atoms with Crippen molar-refractivity contribution in [3.63, 3.8) is 0 Å². The predicted molar refractivity (Wildman–Crippen MR) is 43.0 cm³/mol. The normalized spacial score (nSPS) is 12.9. The van der Waals surface area contributed by atoms with Crippen molar-refractivity contribution in [1.82, 2.24) is 0 Å². The van der Waals surface area contributed by atoms with E-state index in [0.717, 1.165) is 6.07 Å². The van der Waals surface area contributed by atoms with E-state index in [1.165, 1.54) is 12.1 Å². The van der Waals surface area contributed by atoms with Crippen LogP contribution in [0.15, 0.2) is 18.2 Å². The molecule has 0 saturated carbocycles. The Morgan fingerprint density at radius 1 is 1.31 bits per heavy atom. The monoisotopic (exact) mass is 188 g/mol. The molecule has 4 heteroatoms. The Balaban J connectivity index is 2.93. The first kappa shape index (κ1) is 10.1. The lowest BCUT2D eigenvalue weighted by Crippen LogP contribution is -2.04. The van der Waals surface area contributed by atoms with E-state index in [2.05, 4.69) is 0 Å². The average Bonchev–Trinajstić information content (AvgIpc) is 2.10. The molecule has 0 aliphatic heterocycles. The molecule has 0 spiro atoms. The molecule has 0 aliphatic carbocycles. The highest BCUT2D eigenvalue weighted by molar-refractivity contribution is 5.21. The van der Waals surface area contributed by atoms with Gasteiger partial charge < -0.3 is 10.2 Å². The summed E-state index contributed by atoms with van der Waals surface area (Å²) in [6, 6.07) is 3.58. The van der Waals surface area contributed by atoms with Crippen molar-refractivity contribution in [1.29, 1.82) is 0 Å². The van der Waals surface area contributed by atoms with Crippen molar-refractivity contribution >= 4 is 0 Å². The van der Waals surface area contributed by atoms with Gasteiger partial charge in [-0.3, -0.25) is 0 Å². The molecule has 0 radical (unpaired) electrons. The highest BCUT2D eigenvalue weighted by Crippen LogP contribution is 2.21. The molecule has 0 fully saturated rings. The van der Waals surface area contributed by atoms with Gasteiger partial charge in [0, 0.05) is 18.6 Å². The second-order valence-corrected chi connectivity index (χ2v) is 2.67. The van der Waals surface area contributed by atoms with Gasteiger partial charge in [0.1, 0.15) is 0 Å². The maximum absolute atomic E-state index is 13.0. The third kappa shape index (κ3) is 2.23. The Hall–Kier alpha value is -1.00. The summed E-state index contributed by atoms with van der Waals surface area (Å²) in [6.07, 6.45) is -1.15. The molecule has 0 aromatic heterocycles. The summed E-state index contributed by atoms with van der Waals surface area (Å²) < 4.78 is 25.6. The third-order valence-corrected chi connectivity index (χ3v) is 1.74. The van der Waals surface area contributed by atoms with Gasteiger partial charge in [-0.05, 0) is 6.07 Å². The van der Waals surface area contributed by atoms with Crippen molar-refractivity contribution < 1.29 is 19.0 Å². The molecule has 0 bridgehead atoms. The van der Waals surface area contributed by atoms with Gasteiger partial charge in [0.05, 0.1) is 6.10 Å². The van der Waals surface area contributed by atoms with Gasteiger partial charge in [0.15, 0.2) is 11.6 Å². The summed E-state index contributed by atoms with van der Waals surface area (Å²) in [5.74, 6) is -2.04. The fourth-order valence-corrected chi connectivity index (χ4v) is 1.06. The Morgan fingerprint density at radius 3 is 2.62 bits per heavy atom. The lowest BCUT2D eigenvalue weighted by molar-refractivity contribution is 0.130. The van der Waals surface area contributed by atoms with E-state index in [-0.39, 0.29) is 18.6 Å². The fraction of sp³-hybridized carbons (Fsp3) is 0.333. The SMILES string of the molecule is OCCC(O)c1cccc(F)c1F. The minimum atomic E-state index is -1.15. The molecule has 72 valence electrons. The minimum Gasteiger partial charge on any atom is -0.396 e. The number of aliphatic hydroxyl groups excluding tert-OH is 2. The number of halogens is 2. The van der Waals surface area contributed by atoms with Crippen LogP contribution in [0.1, 0.15) is 18.1 Å². The molecular weight excluding hydrogens is 178 g/mol. The summed E-state index contributed by atoms with van der Waals surface area (Å²) in [6.45, 7) is -0.267. The van der Waals surface area contributed by atoms with Gasteiger partial charge in [-0.1, -0.05) is 12.1 Å². The largest absolute Gasteiger partial charge is 0.396 e. The zero-order valence-corrected chi connectivity index (χ0v) is 6.87. The van der Waals surface area contributed by atoms with Crippen molar-refractivity contribution in [2.24, 2.45) is 0 Å². The van der Waals surface area contributed by atoms with Crippen LogP contribution in [0.4, 0.5) is 8.78 Å². The van der Waals surface area contributed by atoms with Gasteiger partial charge in [0.25, 0.3) is 0 Å². The number of aliphatic hydroxyl groups is 2. The molecule has 13 heavy (non-hydrogen) atoms.